The number of rotatable bonds is 6. The summed E-state index contributed by atoms with van der Waals surface area (Å²) in [7, 11) is 0. The number of morpholine rings is 1. The number of benzene rings is 1. The summed E-state index contributed by atoms with van der Waals surface area (Å²) >= 11 is 0. The Morgan fingerprint density at radius 3 is 3.05 bits per heavy atom. The van der Waals surface area contributed by atoms with Gasteiger partial charge >= 0.3 is 0 Å². The lowest BCUT2D eigenvalue weighted by atomic mass is 10.2. The normalized spacial score (nSPS) is 19.8. The molecule has 1 aromatic carbocycles. The van der Waals surface area contributed by atoms with Crippen LogP contribution in [0.15, 0.2) is 24.3 Å². The van der Waals surface area contributed by atoms with Gasteiger partial charge in [0.15, 0.2) is 11.6 Å². The lowest BCUT2D eigenvalue weighted by molar-refractivity contribution is -0.134. The molecular formula is C15H21FN2O3. The van der Waals surface area contributed by atoms with Crippen molar-refractivity contribution in [3.05, 3.63) is 30.1 Å². The molecule has 5 nitrogen and oxygen atoms in total. The summed E-state index contributed by atoms with van der Waals surface area (Å²) in [6, 6.07) is 6.25. The van der Waals surface area contributed by atoms with E-state index in [-0.39, 0.29) is 17.8 Å². The molecule has 2 rings (SSSR count). The molecule has 1 heterocycles. The van der Waals surface area contributed by atoms with E-state index in [1.54, 1.807) is 18.2 Å². The minimum absolute atomic E-state index is 0.169. The predicted octanol–water partition coefficient (Wildman–Crippen LogP) is 1.09. The topological polar surface area (TPSA) is 59.6 Å². The average molecular weight is 296 g/mol. The average Bonchev–Trinajstić information content (AvgIpc) is 2.53. The highest BCUT2D eigenvalue weighted by molar-refractivity contribution is 5.81. The van der Waals surface area contributed by atoms with E-state index in [0.717, 1.165) is 6.54 Å². The Morgan fingerprint density at radius 1 is 1.57 bits per heavy atom. The molecule has 1 aliphatic rings. The van der Waals surface area contributed by atoms with E-state index in [1.165, 1.54) is 6.07 Å². The summed E-state index contributed by atoms with van der Waals surface area (Å²) in [5.74, 6) is -0.367. The molecular weight excluding hydrogens is 275 g/mol. The van der Waals surface area contributed by atoms with Gasteiger partial charge in [0.25, 0.3) is 5.91 Å². The Bertz CT molecular complexity index is 464. The van der Waals surface area contributed by atoms with Gasteiger partial charge in [0.1, 0.15) is 12.2 Å². The van der Waals surface area contributed by atoms with Crippen LogP contribution in [-0.4, -0.2) is 44.4 Å². The number of ether oxygens (including phenoxy) is 2. The molecule has 0 saturated carbocycles. The van der Waals surface area contributed by atoms with Gasteiger partial charge in [0.2, 0.25) is 0 Å². The van der Waals surface area contributed by atoms with Crippen molar-refractivity contribution >= 4 is 5.91 Å². The summed E-state index contributed by atoms with van der Waals surface area (Å²) in [5, 5.41) is 5.89. The first-order valence-corrected chi connectivity index (χ1v) is 7.22. The van der Waals surface area contributed by atoms with Crippen LogP contribution in [0, 0.1) is 5.82 Å². The van der Waals surface area contributed by atoms with Crippen LogP contribution in [0.5, 0.6) is 5.75 Å². The van der Waals surface area contributed by atoms with Crippen molar-refractivity contribution in [1.29, 1.82) is 0 Å². The standard InChI is InChI=1S/C15H21FN2O3/c1-2-11(21-13-6-4-3-5-12(13)16)9-18-15(19)14-10-17-7-8-20-14/h3-6,11,14,17H,2,7-10H2,1H3,(H,18,19). The van der Waals surface area contributed by atoms with Gasteiger partial charge in [0.05, 0.1) is 13.2 Å². The molecule has 0 radical (unpaired) electrons. The minimum atomic E-state index is -0.468. The lowest BCUT2D eigenvalue weighted by Gasteiger charge is -2.24. The summed E-state index contributed by atoms with van der Waals surface area (Å²) in [4.78, 5) is 11.9. The first-order chi connectivity index (χ1) is 10.2. The van der Waals surface area contributed by atoms with E-state index < -0.39 is 11.9 Å². The van der Waals surface area contributed by atoms with Crippen molar-refractivity contribution < 1.29 is 18.7 Å². The molecule has 1 fully saturated rings. The summed E-state index contributed by atoms with van der Waals surface area (Å²) in [6.07, 6.45) is -0.0783. The number of para-hydroxylation sites is 1. The minimum Gasteiger partial charge on any atom is -0.486 e. The quantitative estimate of drug-likeness (QED) is 0.825. The Morgan fingerprint density at radius 2 is 2.38 bits per heavy atom. The Labute approximate surface area is 123 Å². The highest BCUT2D eigenvalue weighted by Crippen LogP contribution is 2.17. The molecule has 1 aliphatic heterocycles. The predicted molar refractivity (Wildman–Crippen MR) is 76.7 cm³/mol. The lowest BCUT2D eigenvalue weighted by Crippen LogP contribution is -2.49. The second-order valence-corrected chi connectivity index (χ2v) is 4.89. The Hall–Kier alpha value is -1.66. The Balaban J connectivity index is 1.82. The van der Waals surface area contributed by atoms with Crippen LogP contribution in [0.2, 0.25) is 0 Å². The van der Waals surface area contributed by atoms with Crippen LogP contribution in [0.3, 0.4) is 0 Å². The van der Waals surface area contributed by atoms with Gasteiger partial charge in [-0.25, -0.2) is 4.39 Å². The van der Waals surface area contributed by atoms with E-state index in [1.807, 2.05) is 6.92 Å². The van der Waals surface area contributed by atoms with Crippen molar-refractivity contribution in [2.75, 3.05) is 26.2 Å². The number of amides is 1. The van der Waals surface area contributed by atoms with Gasteiger partial charge in [-0.2, -0.15) is 0 Å². The van der Waals surface area contributed by atoms with Gasteiger partial charge < -0.3 is 20.1 Å². The van der Waals surface area contributed by atoms with Gasteiger partial charge in [0, 0.05) is 13.1 Å². The molecule has 1 amide bonds. The zero-order valence-corrected chi connectivity index (χ0v) is 12.1. The molecule has 0 aliphatic carbocycles. The fourth-order valence-corrected chi connectivity index (χ4v) is 2.05. The maximum atomic E-state index is 13.5. The highest BCUT2D eigenvalue weighted by Gasteiger charge is 2.22. The van der Waals surface area contributed by atoms with Gasteiger partial charge in [-0.15, -0.1) is 0 Å². The van der Waals surface area contributed by atoms with Crippen molar-refractivity contribution in [3.8, 4) is 5.75 Å². The smallest absolute Gasteiger partial charge is 0.250 e. The molecule has 6 heteroatoms. The molecule has 0 bridgehead atoms. The van der Waals surface area contributed by atoms with Crippen LogP contribution in [0.4, 0.5) is 4.39 Å². The number of carbonyl (C=O) groups is 1. The Kier molecular flexibility index (Phi) is 5.95. The largest absolute Gasteiger partial charge is 0.486 e. The van der Waals surface area contributed by atoms with E-state index >= 15 is 0 Å². The van der Waals surface area contributed by atoms with E-state index in [0.29, 0.717) is 26.1 Å². The van der Waals surface area contributed by atoms with Crippen molar-refractivity contribution in [3.63, 3.8) is 0 Å². The number of hydrogen-bond acceptors (Lipinski definition) is 4. The molecule has 2 N–H and O–H groups in total. The van der Waals surface area contributed by atoms with Crippen molar-refractivity contribution in [1.82, 2.24) is 10.6 Å². The maximum absolute atomic E-state index is 13.5. The van der Waals surface area contributed by atoms with Crippen molar-refractivity contribution in [2.24, 2.45) is 0 Å². The SMILES string of the molecule is CCC(CNC(=O)C1CNCCO1)Oc1ccccc1F. The number of hydrogen-bond donors (Lipinski definition) is 2. The van der Waals surface area contributed by atoms with Crippen LogP contribution in [-0.2, 0) is 9.53 Å². The number of carbonyl (C=O) groups excluding carboxylic acids is 1. The fourth-order valence-electron chi connectivity index (χ4n) is 2.05. The molecule has 2 atom stereocenters. The molecule has 1 aromatic rings. The van der Waals surface area contributed by atoms with Crippen LogP contribution < -0.4 is 15.4 Å². The first-order valence-electron chi connectivity index (χ1n) is 7.22. The first kappa shape index (κ1) is 15.7. The molecule has 0 aromatic heterocycles. The molecule has 0 spiro atoms. The third kappa shape index (κ3) is 4.68. The van der Waals surface area contributed by atoms with E-state index in [2.05, 4.69) is 10.6 Å². The van der Waals surface area contributed by atoms with Crippen molar-refractivity contribution in [2.45, 2.75) is 25.6 Å². The second-order valence-electron chi connectivity index (χ2n) is 4.89. The third-order valence-corrected chi connectivity index (χ3v) is 3.31. The van der Waals surface area contributed by atoms with Gasteiger partial charge in [-0.3, -0.25) is 4.79 Å². The second kappa shape index (κ2) is 7.95. The van der Waals surface area contributed by atoms with Crippen LogP contribution in [0.25, 0.3) is 0 Å². The van der Waals surface area contributed by atoms with E-state index in [9.17, 15) is 9.18 Å². The summed E-state index contributed by atoms with van der Waals surface area (Å²) < 4.78 is 24.5. The highest BCUT2D eigenvalue weighted by atomic mass is 19.1. The number of nitrogens with one attached hydrogen (secondary N) is 2. The monoisotopic (exact) mass is 296 g/mol. The van der Waals surface area contributed by atoms with Crippen LogP contribution in [0.1, 0.15) is 13.3 Å². The molecule has 2 unspecified atom stereocenters. The third-order valence-electron chi connectivity index (χ3n) is 3.31. The summed E-state index contributed by atoms with van der Waals surface area (Å²) in [6.45, 7) is 4.05. The van der Waals surface area contributed by atoms with Gasteiger partial charge in [-0.1, -0.05) is 19.1 Å². The fraction of sp³-hybridized carbons (Fsp3) is 0.533. The van der Waals surface area contributed by atoms with Gasteiger partial charge in [-0.05, 0) is 18.6 Å². The maximum Gasteiger partial charge on any atom is 0.250 e. The zero-order chi connectivity index (χ0) is 15.1. The van der Waals surface area contributed by atoms with E-state index in [4.69, 9.17) is 9.47 Å². The molecule has 21 heavy (non-hydrogen) atoms. The van der Waals surface area contributed by atoms with Crippen LogP contribution >= 0.6 is 0 Å². The molecule has 1 saturated heterocycles. The number of halogens is 1. The summed E-state index contributed by atoms with van der Waals surface area (Å²) in [5.41, 5.74) is 0. The molecule has 116 valence electrons. The zero-order valence-electron chi connectivity index (χ0n) is 12.1.